The average molecular weight is 420 g/mol. The summed E-state index contributed by atoms with van der Waals surface area (Å²) in [5.74, 6) is -0.247. The van der Waals surface area contributed by atoms with Crippen LogP contribution in [0.3, 0.4) is 0 Å². The van der Waals surface area contributed by atoms with Crippen molar-refractivity contribution in [2.24, 2.45) is 0 Å². The Morgan fingerprint density at radius 1 is 0.741 bits per heavy atom. The number of carbonyl (C=O) groups is 2. The van der Waals surface area contributed by atoms with Gasteiger partial charge in [0.1, 0.15) is 0 Å². The molecule has 2 amide bonds. The lowest BCUT2D eigenvalue weighted by molar-refractivity contribution is 0.103. The van der Waals surface area contributed by atoms with Gasteiger partial charge in [-0.2, -0.15) is 0 Å². The Morgan fingerprint density at radius 2 is 1.52 bits per heavy atom. The molecule has 0 bridgehead atoms. The summed E-state index contributed by atoms with van der Waals surface area (Å²) in [6, 6.07) is 17.6. The fourth-order valence-electron chi connectivity index (χ4n) is 2.43. The van der Waals surface area contributed by atoms with Gasteiger partial charge in [-0.3, -0.25) is 4.79 Å². The average Bonchev–Trinajstić information content (AvgIpc) is 2.64. The summed E-state index contributed by atoms with van der Waals surface area (Å²) in [7, 11) is 0. The van der Waals surface area contributed by atoms with Crippen molar-refractivity contribution < 1.29 is 9.59 Å². The summed E-state index contributed by atoms with van der Waals surface area (Å²) in [6.07, 6.45) is 0. The second kappa shape index (κ2) is 8.44. The lowest BCUT2D eigenvalue weighted by atomic mass is 10.0. The van der Waals surface area contributed by atoms with Crippen molar-refractivity contribution in [2.45, 2.75) is 0 Å². The predicted molar refractivity (Wildman–Crippen MR) is 110 cm³/mol. The number of nitrogens with one attached hydrogen (secondary N) is 2. The summed E-state index contributed by atoms with van der Waals surface area (Å²) < 4.78 is 0. The van der Waals surface area contributed by atoms with E-state index in [9.17, 15) is 9.59 Å². The number of benzene rings is 3. The van der Waals surface area contributed by atoms with E-state index in [-0.39, 0.29) is 5.78 Å². The van der Waals surface area contributed by atoms with Gasteiger partial charge in [0.25, 0.3) is 0 Å². The monoisotopic (exact) mass is 418 g/mol. The van der Waals surface area contributed by atoms with Crippen LogP contribution >= 0.6 is 34.8 Å². The van der Waals surface area contributed by atoms with Crippen molar-refractivity contribution in [1.29, 1.82) is 0 Å². The molecule has 4 nitrogen and oxygen atoms in total. The molecule has 0 saturated carbocycles. The Labute approximate surface area is 171 Å². The largest absolute Gasteiger partial charge is 0.323 e. The highest BCUT2D eigenvalue weighted by Gasteiger charge is 2.15. The number of amides is 2. The van der Waals surface area contributed by atoms with Crippen molar-refractivity contribution in [3.63, 3.8) is 0 Å². The van der Waals surface area contributed by atoms with Gasteiger partial charge in [0.15, 0.2) is 5.78 Å². The van der Waals surface area contributed by atoms with Crippen LogP contribution < -0.4 is 10.6 Å². The lowest BCUT2D eigenvalue weighted by Gasteiger charge is -2.12. The highest BCUT2D eigenvalue weighted by molar-refractivity contribution is 6.42. The van der Waals surface area contributed by atoms with Crippen LogP contribution in [0.4, 0.5) is 16.2 Å². The first-order valence-electron chi connectivity index (χ1n) is 7.86. The van der Waals surface area contributed by atoms with Crippen molar-refractivity contribution >= 4 is 58.0 Å². The van der Waals surface area contributed by atoms with Crippen molar-refractivity contribution in [2.75, 3.05) is 10.6 Å². The second-order valence-corrected chi connectivity index (χ2v) is 6.84. The van der Waals surface area contributed by atoms with Gasteiger partial charge in [-0.1, -0.05) is 59.1 Å². The number of urea groups is 1. The maximum absolute atomic E-state index is 12.8. The van der Waals surface area contributed by atoms with Crippen LogP contribution in [-0.4, -0.2) is 11.8 Å². The minimum Gasteiger partial charge on any atom is -0.308 e. The summed E-state index contributed by atoms with van der Waals surface area (Å²) in [6.45, 7) is 0. The number of carbonyl (C=O) groups excluding carboxylic acids is 2. The Morgan fingerprint density at radius 3 is 2.26 bits per heavy atom. The van der Waals surface area contributed by atoms with Gasteiger partial charge in [0.2, 0.25) is 0 Å². The van der Waals surface area contributed by atoms with Gasteiger partial charge in [-0.05, 0) is 42.5 Å². The summed E-state index contributed by atoms with van der Waals surface area (Å²) in [5, 5.41) is 6.50. The van der Waals surface area contributed by atoms with Crippen LogP contribution in [0.15, 0.2) is 66.7 Å². The van der Waals surface area contributed by atoms with E-state index in [0.717, 1.165) is 0 Å². The zero-order chi connectivity index (χ0) is 19.4. The Hall–Kier alpha value is -2.53. The van der Waals surface area contributed by atoms with Gasteiger partial charge in [0.05, 0.1) is 15.7 Å². The Balaban J connectivity index is 1.80. The maximum Gasteiger partial charge on any atom is 0.323 e. The van der Waals surface area contributed by atoms with Gasteiger partial charge >= 0.3 is 6.03 Å². The number of rotatable bonds is 4. The molecular formula is C20H13Cl3N2O2. The van der Waals surface area contributed by atoms with Crippen LogP contribution in [-0.2, 0) is 0 Å². The number of hydrogen-bond donors (Lipinski definition) is 2. The molecule has 27 heavy (non-hydrogen) atoms. The van der Waals surface area contributed by atoms with Crippen LogP contribution in [0.25, 0.3) is 0 Å². The molecule has 136 valence electrons. The molecule has 2 N–H and O–H groups in total. The molecule has 0 atom stereocenters. The highest BCUT2D eigenvalue weighted by atomic mass is 35.5. The zero-order valence-corrected chi connectivity index (χ0v) is 16.1. The molecule has 0 saturated heterocycles. The fourth-order valence-corrected chi connectivity index (χ4v) is 2.92. The van der Waals surface area contributed by atoms with Crippen LogP contribution in [0.2, 0.25) is 15.1 Å². The number of halogens is 3. The van der Waals surface area contributed by atoms with Crippen LogP contribution in [0, 0.1) is 0 Å². The lowest BCUT2D eigenvalue weighted by Crippen LogP contribution is -2.21. The van der Waals surface area contributed by atoms with Gasteiger partial charge < -0.3 is 10.6 Å². The van der Waals surface area contributed by atoms with Crippen molar-refractivity contribution in [3.05, 3.63) is 92.9 Å². The van der Waals surface area contributed by atoms with Gasteiger partial charge in [-0.25, -0.2) is 4.79 Å². The maximum atomic E-state index is 12.8. The van der Waals surface area contributed by atoms with Crippen LogP contribution in [0.5, 0.6) is 0 Å². The van der Waals surface area contributed by atoms with E-state index >= 15 is 0 Å². The smallest absolute Gasteiger partial charge is 0.308 e. The summed E-state index contributed by atoms with van der Waals surface area (Å²) in [5.41, 5.74) is 1.63. The third-order valence-corrected chi connectivity index (χ3v) is 4.66. The molecule has 0 aromatic heterocycles. The Kier molecular flexibility index (Phi) is 6.01. The molecule has 3 rings (SSSR count). The second-order valence-electron chi connectivity index (χ2n) is 5.59. The summed E-state index contributed by atoms with van der Waals surface area (Å²) >= 11 is 17.8. The van der Waals surface area contributed by atoms with E-state index in [0.29, 0.717) is 37.6 Å². The molecule has 7 heteroatoms. The molecule has 3 aromatic carbocycles. The van der Waals surface area contributed by atoms with E-state index < -0.39 is 6.03 Å². The fraction of sp³-hybridized carbons (Fsp3) is 0. The first-order valence-corrected chi connectivity index (χ1v) is 9.00. The molecule has 0 spiro atoms. The summed E-state index contributed by atoms with van der Waals surface area (Å²) in [4.78, 5) is 25.1. The molecule has 0 aliphatic rings. The number of hydrogen-bond acceptors (Lipinski definition) is 2. The number of ketones is 1. The molecule has 0 radical (unpaired) electrons. The van der Waals surface area contributed by atoms with E-state index in [1.807, 2.05) is 0 Å². The molecule has 0 unspecified atom stereocenters. The standard InChI is InChI=1S/C20H13Cl3N2O2/c21-13-5-3-4-12(10-13)19(26)15-6-1-2-7-18(15)25-20(27)24-14-8-9-16(22)17(23)11-14/h1-11H,(H2,24,25,27). The number of para-hydroxylation sites is 1. The van der Waals surface area contributed by atoms with Crippen molar-refractivity contribution in [3.8, 4) is 0 Å². The molecule has 0 aliphatic heterocycles. The third kappa shape index (κ3) is 4.80. The number of anilines is 2. The van der Waals surface area contributed by atoms with Crippen LogP contribution in [0.1, 0.15) is 15.9 Å². The zero-order valence-electron chi connectivity index (χ0n) is 13.8. The van der Waals surface area contributed by atoms with E-state index in [4.69, 9.17) is 34.8 Å². The minimum absolute atomic E-state index is 0.247. The first kappa shape index (κ1) is 19.2. The van der Waals surface area contributed by atoms with Gasteiger partial charge in [0, 0.05) is 21.8 Å². The molecule has 0 aliphatic carbocycles. The quantitative estimate of drug-likeness (QED) is 0.473. The molecule has 0 fully saturated rings. The predicted octanol–water partition coefficient (Wildman–Crippen LogP) is 6.52. The normalized spacial score (nSPS) is 10.3. The Bertz CT molecular complexity index is 1020. The molecule has 0 heterocycles. The van der Waals surface area contributed by atoms with Crippen molar-refractivity contribution in [1.82, 2.24) is 0 Å². The molecular weight excluding hydrogens is 407 g/mol. The van der Waals surface area contributed by atoms with E-state index in [1.165, 1.54) is 6.07 Å². The third-order valence-electron chi connectivity index (χ3n) is 3.68. The topological polar surface area (TPSA) is 58.2 Å². The van der Waals surface area contributed by atoms with E-state index in [2.05, 4.69) is 10.6 Å². The minimum atomic E-state index is -0.514. The highest BCUT2D eigenvalue weighted by Crippen LogP contribution is 2.25. The molecule has 3 aromatic rings. The van der Waals surface area contributed by atoms with Gasteiger partial charge in [-0.15, -0.1) is 0 Å². The first-order chi connectivity index (χ1) is 12.9. The SMILES string of the molecule is O=C(Nc1ccc(Cl)c(Cl)c1)Nc1ccccc1C(=O)c1cccc(Cl)c1. The van der Waals surface area contributed by atoms with E-state index in [1.54, 1.807) is 60.7 Å².